The van der Waals surface area contributed by atoms with Crippen molar-refractivity contribution in [2.24, 2.45) is 7.05 Å². The van der Waals surface area contributed by atoms with Crippen LogP contribution in [-0.4, -0.2) is 47.5 Å². The summed E-state index contributed by atoms with van der Waals surface area (Å²) >= 11 is 0. The zero-order chi connectivity index (χ0) is 17.1. The molecule has 6 nitrogen and oxygen atoms in total. The fraction of sp³-hybridized carbons (Fsp3) is 0.444. The molecule has 1 aromatic carbocycles. The third kappa shape index (κ3) is 3.59. The van der Waals surface area contributed by atoms with E-state index in [1.54, 1.807) is 11.8 Å². The lowest BCUT2D eigenvalue weighted by molar-refractivity contribution is -0.134. The summed E-state index contributed by atoms with van der Waals surface area (Å²) < 4.78 is 12.7. The molecule has 0 bridgehead atoms. The van der Waals surface area contributed by atoms with E-state index >= 15 is 0 Å². The summed E-state index contributed by atoms with van der Waals surface area (Å²) in [5, 5.41) is 4.51. The van der Waals surface area contributed by atoms with Gasteiger partial charge in [-0.3, -0.25) is 9.48 Å². The van der Waals surface area contributed by atoms with Crippen LogP contribution in [0.15, 0.2) is 30.5 Å². The standard InChI is InChI=1S/C18H23N3O3/c1-13-4-6-16(7-5-13)24-12-17(22)21-9-14-8-20(2)19-18(14)15(10-21)11-23-3/h4-8,15H,9-12H2,1-3H3/t15-/m0/s1. The number of rotatable bonds is 5. The summed E-state index contributed by atoms with van der Waals surface area (Å²) in [7, 11) is 3.57. The second kappa shape index (κ2) is 7.05. The van der Waals surface area contributed by atoms with E-state index in [1.807, 2.05) is 49.3 Å². The molecule has 6 heteroatoms. The molecule has 0 spiro atoms. The zero-order valence-corrected chi connectivity index (χ0v) is 14.4. The summed E-state index contributed by atoms with van der Waals surface area (Å²) in [6.07, 6.45) is 1.97. The van der Waals surface area contributed by atoms with Crippen LogP contribution in [0.4, 0.5) is 0 Å². The molecule has 1 aromatic heterocycles. The molecule has 1 amide bonds. The number of methoxy groups -OCH3 is 1. The van der Waals surface area contributed by atoms with E-state index in [4.69, 9.17) is 9.47 Å². The molecule has 0 unspecified atom stereocenters. The average Bonchev–Trinajstić information content (AvgIpc) is 2.95. The molecule has 2 aromatic rings. The number of hydrogen-bond acceptors (Lipinski definition) is 4. The minimum absolute atomic E-state index is 0.0221. The van der Waals surface area contributed by atoms with Gasteiger partial charge >= 0.3 is 0 Å². The Hall–Kier alpha value is -2.34. The van der Waals surface area contributed by atoms with E-state index in [2.05, 4.69) is 5.10 Å². The van der Waals surface area contributed by atoms with Gasteiger partial charge in [0.2, 0.25) is 0 Å². The summed E-state index contributed by atoms with van der Waals surface area (Å²) in [5.74, 6) is 0.788. The highest BCUT2D eigenvalue weighted by atomic mass is 16.5. The Morgan fingerprint density at radius 2 is 2.08 bits per heavy atom. The summed E-state index contributed by atoms with van der Waals surface area (Å²) in [4.78, 5) is 14.4. The first-order valence-electron chi connectivity index (χ1n) is 8.05. The normalized spacial score (nSPS) is 16.8. The van der Waals surface area contributed by atoms with E-state index < -0.39 is 0 Å². The number of hydrogen-bond donors (Lipinski definition) is 0. The largest absolute Gasteiger partial charge is 0.484 e. The molecular formula is C18H23N3O3. The van der Waals surface area contributed by atoms with E-state index in [0.717, 1.165) is 16.8 Å². The van der Waals surface area contributed by atoms with Crippen molar-refractivity contribution in [2.75, 3.05) is 26.9 Å². The number of aryl methyl sites for hydroxylation is 2. The molecule has 1 aliphatic heterocycles. The van der Waals surface area contributed by atoms with Crippen LogP contribution in [0.2, 0.25) is 0 Å². The van der Waals surface area contributed by atoms with Gasteiger partial charge in [0, 0.05) is 44.9 Å². The minimum atomic E-state index is -0.0221. The third-order valence-electron chi connectivity index (χ3n) is 4.23. The van der Waals surface area contributed by atoms with Gasteiger partial charge in [-0.2, -0.15) is 5.10 Å². The second-order valence-corrected chi connectivity index (χ2v) is 6.24. The van der Waals surface area contributed by atoms with Crippen molar-refractivity contribution in [2.45, 2.75) is 19.4 Å². The lowest BCUT2D eigenvalue weighted by atomic mass is 9.97. The molecular weight excluding hydrogens is 306 g/mol. The van der Waals surface area contributed by atoms with Gasteiger partial charge in [-0.25, -0.2) is 0 Å². The smallest absolute Gasteiger partial charge is 0.260 e. The Morgan fingerprint density at radius 1 is 1.33 bits per heavy atom. The van der Waals surface area contributed by atoms with E-state index in [-0.39, 0.29) is 18.4 Å². The molecule has 0 saturated heterocycles. The molecule has 128 valence electrons. The van der Waals surface area contributed by atoms with Gasteiger partial charge < -0.3 is 14.4 Å². The fourth-order valence-corrected chi connectivity index (χ4v) is 3.04. The maximum Gasteiger partial charge on any atom is 0.260 e. The zero-order valence-electron chi connectivity index (χ0n) is 14.4. The number of nitrogens with zero attached hydrogens (tertiary/aromatic N) is 3. The molecule has 0 radical (unpaired) electrons. The third-order valence-corrected chi connectivity index (χ3v) is 4.23. The first-order valence-corrected chi connectivity index (χ1v) is 8.05. The lowest BCUT2D eigenvalue weighted by Gasteiger charge is -2.31. The number of amides is 1. The van der Waals surface area contributed by atoms with Gasteiger partial charge in [-0.05, 0) is 19.1 Å². The topological polar surface area (TPSA) is 56.6 Å². The van der Waals surface area contributed by atoms with E-state index in [9.17, 15) is 4.79 Å². The lowest BCUT2D eigenvalue weighted by Crippen LogP contribution is -2.41. The van der Waals surface area contributed by atoms with E-state index in [0.29, 0.717) is 25.4 Å². The van der Waals surface area contributed by atoms with E-state index in [1.165, 1.54) is 0 Å². The predicted octanol–water partition coefficient (Wildman–Crippen LogP) is 1.88. The Bertz CT molecular complexity index is 709. The van der Waals surface area contributed by atoms with Crippen molar-refractivity contribution in [3.63, 3.8) is 0 Å². The van der Waals surface area contributed by atoms with Gasteiger partial charge in [0.1, 0.15) is 5.75 Å². The summed E-state index contributed by atoms with van der Waals surface area (Å²) in [6, 6.07) is 7.70. The SMILES string of the molecule is COC[C@@H]1CN(C(=O)COc2ccc(C)cc2)Cc2cn(C)nc21. The Morgan fingerprint density at radius 3 is 2.79 bits per heavy atom. The predicted molar refractivity (Wildman–Crippen MR) is 89.9 cm³/mol. The molecule has 0 N–H and O–H groups in total. The molecule has 1 aliphatic rings. The van der Waals surface area contributed by atoms with Crippen LogP contribution < -0.4 is 4.74 Å². The highest BCUT2D eigenvalue weighted by molar-refractivity contribution is 5.78. The highest BCUT2D eigenvalue weighted by Gasteiger charge is 2.30. The monoisotopic (exact) mass is 329 g/mol. The van der Waals surface area contributed by atoms with Crippen LogP contribution >= 0.6 is 0 Å². The van der Waals surface area contributed by atoms with Crippen LogP contribution in [0.5, 0.6) is 5.75 Å². The Kier molecular flexibility index (Phi) is 4.85. The highest BCUT2D eigenvalue weighted by Crippen LogP contribution is 2.27. The van der Waals surface area contributed by atoms with Crippen LogP contribution in [0.3, 0.4) is 0 Å². The van der Waals surface area contributed by atoms with Crippen molar-refractivity contribution >= 4 is 5.91 Å². The minimum Gasteiger partial charge on any atom is -0.484 e. The van der Waals surface area contributed by atoms with Crippen molar-refractivity contribution in [3.8, 4) is 5.75 Å². The number of carbonyl (C=O) groups is 1. The van der Waals surface area contributed by atoms with Crippen LogP contribution in [0.1, 0.15) is 22.7 Å². The molecule has 0 fully saturated rings. The fourth-order valence-electron chi connectivity index (χ4n) is 3.04. The van der Waals surface area contributed by atoms with Crippen molar-refractivity contribution in [3.05, 3.63) is 47.3 Å². The van der Waals surface area contributed by atoms with Crippen molar-refractivity contribution in [1.29, 1.82) is 0 Å². The second-order valence-electron chi connectivity index (χ2n) is 6.24. The van der Waals surface area contributed by atoms with Gasteiger partial charge in [0.25, 0.3) is 5.91 Å². The van der Waals surface area contributed by atoms with Gasteiger partial charge in [0.05, 0.1) is 12.3 Å². The number of aromatic nitrogens is 2. The molecule has 1 atom stereocenters. The first kappa shape index (κ1) is 16.5. The Labute approximate surface area is 142 Å². The van der Waals surface area contributed by atoms with Gasteiger partial charge in [-0.15, -0.1) is 0 Å². The number of benzene rings is 1. The van der Waals surface area contributed by atoms with Gasteiger partial charge in [-0.1, -0.05) is 17.7 Å². The quantitative estimate of drug-likeness (QED) is 0.840. The first-order chi connectivity index (χ1) is 11.6. The molecule has 24 heavy (non-hydrogen) atoms. The molecule has 0 saturated carbocycles. The Balaban J connectivity index is 1.65. The molecule has 0 aliphatic carbocycles. The average molecular weight is 329 g/mol. The summed E-state index contributed by atoms with van der Waals surface area (Å²) in [5.41, 5.74) is 3.27. The van der Waals surface area contributed by atoms with Crippen LogP contribution in [0, 0.1) is 6.92 Å². The van der Waals surface area contributed by atoms with Crippen molar-refractivity contribution < 1.29 is 14.3 Å². The van der Waals surface area contributed by atoms with Crippen LogP contribution in [0.25, 0.3) is 0 Å². The molecule has 2 heterocycles. The number of ether oxygens (including phenoxy) is 2. The molecule has 3 rings (SSSR count). The van der Waals surface area contributed by atoms with Crippen molar-refractivity contribution in [1.82, 2.24) is 14.7 Å². The maximum absolute atomic E-state index is 12.5. The number of carbonyl (C=O) groups excluding carboxylic acids is 1. The van der Waals surface area contributed by atoms with Gasteiger partial charge in [0.15, 0.2) is 6.61 Å². The number of fused-ring (bicyclic) bond motifs is 1. The summed E-state index contributed by atoms with van der Waals surface area (Å²) in [6.45, 7) is 3.78. The maximum atomic E-state index is 12.5. The van der Waals surface area contributed by atoms with Crippen LogP contribution in [-0.2, 0) is 23.1 Å².